The van der Waals surface area contributed by atoms with Gasteiger partial charge in [-0.25, -0.2) is 0 Å². The largest absolute Gasteiger partial charge is 0.307 e. The molecular formula is C15H24N6. The normalized spacial score (nSPS) is 29.6. The highest BCUT2D eigenvalue weighted by Gasteiger charge is 2.27. The van der Waals surface area contributed by atoms with Crippen molar-refractivity contribution in [1.82, 2.24) is 16.3 Å². The minimum atomic E-state index is 0.565. The predicted molar refractivity (Wildman–Crippen MR) is 84.6 cm³/mol. The van der Waals surface area contributed by atoms with Crippen LogP contribution in [0.2, 0.25) is 0 Å². The molecule has 0 atom stereocenters. The molecule has 0 aliphatic heterocycles. The van der Waals surface area contributed by atoms with Gasteiger partial charge in [0.15, 0.2) is 0 Å². The maximum Gasteiger partial charge on any atom is 0.129 e. The van der Waals surface area contributed by atoms with Crippen LogP contribution < -0.4 is 16.3 Å². The van der Waals surface area contributed by atoms with Gasteiger partial charge in [-0.3, -0.25) is 0 Å². The van der Waals surface area contributed by atoms with Crippen LogP contribution >= 0.6 is 0 Å². The quantitative estimate of drug-likeness (QED) is 0.648. The Kier molecular flexibility index (Phi) is 3.53. The van der Waals surface area contributed by atoms with E-state index in [9.17, 15) is 0 Å². The Bertz CT molecular complexity index is 448. The summed E-state index contributed by atoms with van der Waals surface area (Å²) in [5.41, 5.74) is 12.9. The van der Waals surface area contributed by atoms with Gasteiger partial charge in [0.25, 0.3) is 0 Å². The second kappa shape index (κ2) is 5.66. The molecule has 0 aromatic rings. The molecule has 4 rings (SSSR count). The fourth-order valence-corrected chi connectivity index (χ4v) is 2.30. The van der Waals surface area contributed by atoms with Crippen molar-refractivity contribution in [3.8, 4) is 0 Å². The first kappa shape index (κ1) is 13.1. The van der Waals surface area contributed by atoms with E-state index in [1.807, 2.05) is 0 Å². The SMILES string of the molecule is C1CC(=NNC2CC2)C(=NNC2CC2)C(=NNC2CC2)C1. The standard InChI is InChI=1S/C15H24N6/c1-2-13(19-16-10-4-5-10)15(21-18-12-8-9-12)14(3-1)20-17-11-6-7-11/h10-12,16-18H,1-9H2. The Balaban J connectivity index is 1.50. The summed E-state index contributed by atoms with van der Waals surface area (Å²) in [5, 5.41) is 13.8. The molecule has 6 nitrogen and oxygen atoms in total. The Morgan fingerprint density at radius 2 is 1.05 bits per heavy atom. The van der Waals surface area contributed by atoms with Gasteiger partial charge in [-0.1, -0.05) is 0 Å². The molecule has 0 radical (unpaired) electrons. The smallest absolute Gasteiger partial charge is 0.129 e. The van der Waals surface area contributed by atoms with E-state index in [0.717, 1.165) is 36.4 Å². The van der Waals surface area contributed by atoms with E-state index in [1.165, 1.54) is 38.5 Å². The van der Waals surface area contributed by atoms with E-state index < -0.39 is 0 Å². The lowest BCUT2D eigenvalue weighted by molar-refractivity contribution is 0.716. The molecule has 4 aliphatic rings. The van der Waals surface area contributed by atoms with Crippen LogP contribution in [0.4, 0.5) is 0 Å². The van der Waals surface area contributed by atoms with Gasteiger partial charge in [0.1, 0.15) is 5.71 Å². The van der Waals surface area contributed by atoms with Crippen molar-refractivity contribution in [3.63, 3.8) is 0 Å². The molecule has 4 fully saturated rings. The summed E-state index contributed by atoms with van der Waals surface area (Å²) in [5.74, 6) is 0. The van der Waals surface area contributed by atoms with E-state index in [1.54, 1.807) is 0 Å². The van der Waals surface area contributed by atoms with Crippen molar-refractivity contribution in [1.29, 1.82) is 0 Å². The zero-order valence-electron chi connectivity index (χ0n) is 12.4. The van der Waals surface area contributed by atoms with E-state index >= 15 is 0 Å². The molecule has 0 heterocycles. The van der Waals surface area contributed by atoms with Crippen LogP contribution in [0.1, 0.15) is 57.8 Å². The predicted octanol–water partition coefficient (Wildman–Crippen LogP) is 1.49. The van der Waals surface area contributed by atoms with E-state index in [2.05, 4.69) is 31.6 Å². The second-order valence-corrected chi connectivity index (χ2v) is 6.64. The van der Waals surface area contributed by atoms with Crippen molar-refractivity contribution in [2.24, 2.45) is 15.3 Å². The molecule has 0 unspecified atom stereocenters. The minimum absolute atomic E-state index is 0.565. The molecule has 0 aromatic carbocycles. The van der Waals surface area contributed by atoms with Gasteiger partial charge in [-0.15, -0.1) is 0 Å². The van der Waals surface area contributed by atoms with Crippen LogP contribution in [0.15, 0.2) is 15.3 Å². The van der Waals surface area contributed by atoms with E-state index in [4.69, 9.17) is 0 Å². The Morgan fingerprint density at radius 3 is 1.48 bits per heavy atom. The van der Waals surface area contributed by atoms with Gasteiger partial charge < -0.3 is 16.3 Å². The topological polar surface area (TPSA) is 73.2 Å². The summed E-state index contributed by atoms with van der Waals surface area (Å²) in [6.07, 6.45) is 10.5. The summed E-state index contributed by atoms with van der Waals surface area (Å²) >= 11 is 0. The van der Waals surface area contributed by atoms with Crippen molar-refractivity contribution >= 4 is 17.1 Å². The van der Waals surface area contributed by atoms with Crippen LogP contribution in [0.5, 0.6) is 0 Å². The van der Waals surface area contributed by atoms with E-state index in [0.29, 0.717) is 18.1 Å². The molecule has 21 heavy (non-hydrogen) atoms. The first-order chi connectivity index (χ1) is 10.4. The molecule has 114 valence electrons. The molecule has 0 aromatic heterocycles. The molecule has 0 spiro atoms. The van der Waals surface area contributed by atoms with Crippen molar-refractivity contribution in [3.05, 3.63) is 0 Å². The van der Waals surface area contributed by atoms with Crippen LogP contribution in [-0.2, 0) is 0 Å². The monoisotopic (exact) mass is 288 g/mol. The summed E-state index contributed by atoms with van der Waals surface area (Å²) in [6.45, 7) is 0. The number of rotatable bonds is 6. The van der Waals surface area contributed by atoms with Gasteiger partial charge in [0, 0.05) is 18.1 Å². The maximum atomic E-state index is 4.63. The highest BCUT2D eigenvalue weighted by atomic mass is 15.4. The lowest BCUT2D eigenvalue weighted by atomic mass is 9.94. The molecule has 0 amide bonds. The zero-order valence-corrected chi connectivity index (χ0v) is 12.4. The third-order valence-corrected chi connectivity index (χ3v) is 4.23. The first-order valence-corrected chi connectivity index (χ1v) is 8.36. The number of hydrogen-bond donors (Lipinski definition) is 3. The molecule has 3 N–H and O–H groups in total. The first-order valence-electron chi connectivity index (χ1n) is 8.36. The highest BCUT2D eigenvalue weighted by molar-refractivity contribution is 6.69. The summed E-state index contributed by atoms with van der Waals surface area (Å²) < 4.78 is 0. The molecule has 4 aliphatic carbocycles. The third-order valence-electron chi connectivity index (χ3n) is 4.23. The lowest BCUT2D eigenvalue weighted by Gasteiger charge is -2.18. The molecular weight excluding hydrogens is 264 g/mol. The second-order valence-electron chi connectivity index (χ2n) is 6.64. The van der Waals surface area contributed by atoms with Gasteiger partial charge in [-0.05, 0) is 57.8 Å². The van der Waals surface area contributed by atoms with Crippen LogP contribution in [0, 0.1) is 0 Å². The van der Waals surface area contributed by atoms with Crippen molar-refractivity contribution < 1.29 is 0 Å². The molecule has 0 saturated heterocycles. The number of nitrogens with zero attached hydrogens (tertiary/aromatic N) is 3. The third kappa shape index (κ3) is 3.74. The Hall–Kier alpha value is -1.59. The molecule has 0 bridgehead atoms. The fraction of sp³-hybridized carbons (Fsp3) is 0.800. The summed E-state index contributed by atoms with van der Waals surface area (Å²) in [4.78, 5) is 0. The van der Waals surface area contributed by atoms with Crippen LogP contribution in [-0.4, -0.2) is 35.3 Å². The van der Waals surface area contributed by atoms with Crippen molar-refractivity contribution in [2.75, 3.05) is 0 Å². The zero-order chi connectivity index (χ0) is 14.1. The average molecular weight is 288 g/mol. The van der Waals surface area contributed by atoms with Gasteiger partial charge in [0.2, 0.25) is 0 Å². The van der Waals surface area contributed by atoms with Gasteiger partial charge >= 0.3 is 0 Å². The highest BCUT2D eigenvalue weighted by Crippen LogP contribution is 2.21. The lowest BCUT2D eigenvalue weighted by Crippen LogP contribution is -2.35. The number of hydrogen-bond acceptors (Lipinski definition) is 6. The van der Waals surface area contributed by atoms with Gasteiger partial charge in [-0.2, -0.15) is 15.3 Å². The van der Waals surface area contributed by atoms with Crippen LogP contribution in [0.3, 0.4) is 0 Å². The van der Waals surface area contributed by atoms with E-state index in [-0.39, 0.29) is 0 Å². The van der Waals surface area contributed by atoms with Gasteiger partial charge in [0.05, 0.1) is 11.4 Å². The Labute approximate surface area is 125 Å². The minimum Gasteiger partial charge on any atom is -0.307 e. The van der Waals surface area contributed by atoms with Crippen LogP contribution in [0.25, 0.3) is 0 Å². The Morgan fingerprint density at radius 1 is 0.619 bits per heavy atom. The maximum absolute atomic E-state index is 4.63. The van der Waals surface area contributed by atoms with Crippen molar-refractivity contribution in [2.45, 2.75) is 75.9 Å². The molecule has 6 heteroatoms. The fourth-order valence-electron chi connectivity index (χ4n) is 2.30. The summed E-state index contributed by atoms with van der Waals surface area (Å²) in [6, 6.07) is 1.74. The average Bonchev–Trinajstić information content (AvgIpc) is 3.38. The number of nitrogens with one attached hydrogen (secondary N) is 3. The molecule has 4 saturated carbocycles. The summed E-state index contributed by atoms with van der Waals surface area (Å²) in [7, 11) is 0. The number of hydrazone groups is 3.